The zero-order valence-corrected chi connectivity index (χ0v) is 25.2. The first kappa shape index (κ1) is 32.3. The Morgan fingerprint density at radius 3 is 2.53 bits per heavy atom. The van der Waals surface area contributed by atoms with Crippen molar-refractivity contribution >= 4 is 60.2 Å². The van der Waals surface area contributed by atoms with Crippen LogP contribution in [0.1, 0.15) is 28.6 Å². The second-order valence-electron chi connectivity index (χ2n) is 9.53. The molecule has 0 aliphatic heterocycles. The summed E-state index contributed by atoms with van der Waals surface area (Å²) in [5.41, 5.74) is 5.36. The second kappa shape index (κ2) is 15.7. The zero-order chi connectivity index (χ0) is 32.2. The number of nitrogens with zero attached hydrogens (tertiary/aromatic N) is 5. The number of aromatic nitrogens is 2. The number of hydrogen-bond donors (Lipinski definition) is 3. The summed E-state index contributed by atoms with van der Waals surface area (Å²) in [4.78, 5) is 24.9. The van der Waals surface area contributed by atoms with E-state index in [1.165, 1.54) is 24.5 Å². The maximum atomic E-state index is 13.3. The van der Waals surface area contributed by atoms with Crippen molar-refractivity contribution in [3.8, 4) is 11.1 Å². The summed E-state index contributed by atoms with van der Waals surface area (Å²) in [6, 6.07) is 23.3. The number of anilines is 2. The summed E-state index contributed by atoms with van der Waals surface area (Å²) in [7, 11) is 1.30. The van der Waals surface area contributed by atoms with E-state index in [9.17, 15) is 9.59 Å². The van der Waals surface area contributed by atoms with E-state index in [1.807, 2.05) is 48.5 Å². The predicted octanol–water partition coefficient (Wildman–Crippen LogP) is 6.06. The number of amides is 2. The van der Waals surface area contributed by atoms with E-state index < -0.39 is 12.1 Å². The number of carbonyl (C=O) groups is 2. The first-order valence-electron chi connectivity index (χ1n) is 13.6. The van der Waals surface area contributed by atoms with Crippen LogP contribution in [0.2, 0.25) is 5.02 Å². The molecule has 45 heavy (non-hydrogen) atoms. The first-order valence-corrected chi connectivity index (χ1v) is 14.0. The van der Waals surface area contributed by atoms with E-state index in [0.717, 1.165) is 16.7 Å². The van der Waals surface area contributed by atoms with Crippen LogP contribution in [0.3, 0.4) is 0 Å². The molecule has 0 spiro atoms. The highest BCUT2D eigenvalue weighted by Crippen LogP contribution is 2.28. The van der Waals surface area contributed by atoms with Gasteiger partial charge >= 0.3 is 6.09 Å². The van der Waals surface area contributed by atoms with E-state index >= 15 is 0 Å². The molecule has 0 bridgehead atoms. The highest BCUT2D eigenvalue weighted by Gasteiger charge is 2.19. The Labute approximate surface area is 265 Å². The topological polar surface area (TPSA) is 147 Å². The SMILES string of the molecule is C=Cc1nnc([C@H](Cc2ccccc2)NC(=O)/C=C/c2cc(Cl)ccc2N(N)/C=N\N=C)cc1-c1ccc(NC(=O)OC)cc1. The molecular formula is C33H31ClN8O3. The number of hydrogen-bond acceptors (Lipinski definition) is 8. The number of nitrogens with one attached hydrogen (secondary N) is 2. The number of nitrogens with two attached hydrogens (primary N) is 1. The maximum Gasteiger partial charge on any atom is 0.411 e. The lowest BCUT2D eigenvalue weighted by molar-refractivity contribution is -0.117. The summed E-state index contributed by atoms with van der Waals surface area (Å²) in [6.07, 6.45) is 5.78. The Morgan fingerprint density at radius 2 is 1.84 bits per heavy atom. The first-order chi connectivity index (χ1) is 21.8. The largest absolute Gasteiger partial charge is 0.453 e. The molecule has 1 heterocycles. The third-order valence-electron chi connectivity index (χ3n) is 6.56. The van der Waals surface area contributed by atoms with Gasteiger partial charge in [-0.25, -0.2) is 10.6 Å². The molecule has 11 nitrogen and oxygen atoms in total. The van der Waals surface area contributed by atoms with E-state index in [0.29, 0.717) is 39.8 Å². The minimum absolute atomic E-state index is 0.374. The smallest absolute Gasteiger partial charge is 0.411 e. The van der Waals surface area contributed by atoms with Crippen LogP contribution in [0, 0.1) is 0 Å². The molecular weight excluding hydrogens is 592 g/mol. The number of carbonyl (C=O) groups excluding carboxylic acids is 2. The molecule has 0 unspecified atom stereocenters. The second-order valence-corrected chi connectivity index (χ2v) is 9.97. The standard InChI is InChI=1S/C33H31ClN8O3/c1-4-28-27(23-10-14-26(15-11-23)38-33(44)45-3)20-30(41-40-28)29(18-22-8-6-5-7-9-22)39-32(43)17-12-24-19-25(34)13-16-31(24)42(35)21-37-36-2/h4-17,19-21,29H,1-2,18,35H2,3H3,(H,38,44)(H,39,43)/b17-12+,37-21-/t29-/m0/s1. The summed E-state index contributed by atoms with van der Waals surface area (Å²) in [6.45, 7) is 7.18. The minimum atomic E-state index is -0.568. The summed E-state index contributed by atoms with van der Waals surface area (Å²) < 4.78 is 4.66. The maximum absolute atomic E-state index is 13.3. The molecule has 1 atom stereocenters. The lowest BCUT2D eigenvalue weighted by Gasteiger charge is -2.19. The molecule has 0 fully saturated rings. The number of halogens is 1. The molecule has 1 aromatic heterocycles. The Bertz CT molecular complexity index is 1730. The number of hydrazine groups is 1. The van der Waals surface area contributed by atoms with Crippen LogP contribution in [0.4, 0.5) is 16.2 Å². The highest BCUT2D eigenvalue weighted by atomic mass is 35.5. The van der Waals surface area contributed by atoms with Crippen LogP contribution in [0.15, 0.2) is 102 Å². The molecule has 228 valence electrons. The molecule has 0 saturated heterocycles. The van der Waals surface area contributed by atoms with Gasteiger partial charge < -0.3 is 10.1 Å². The molecule has 2 amide bonds. The van der Waals surface area contributed by atoms with Crippen molar-refractivity contribution < 1.29 is 14.3 Å². The van der Waals surface area contributed by atoms with Gasteiger partial charge in [0.2, 0.25) is 5.91 Å². The van der Waals surface area contributed by atoms with Gasteiger partial charge in [-0.15, -0.1) is 5.10 Å². The quantitative estimate of drug-likeness (QED) is 0.0572. The zero-order valence-electron chi connectivity index (χ0n) is 24.4. The Balaban J connectivity index is 1.65. The van der Waals surface area contributed by atoms with E-state index in [-0.39, 0.29) is 5.91 Å². The van der Waals surface area contributed by atoms with Gasteiger partial charge in [-0.2, -0.15) is 15.3 Å². The third kappa shape index (κ3) is 8.92. The molecule has 0 saturated carbocycles. The third-order valence-corrected chi connectivity index (χ3v) is 6.79. The Morgan fingerprint density at radius 1 is 1.09 bits per heavy atom. The predicted molar refractivity (Wildman–Crippen MR) is 180 cm³/mol. The lowest BCUT2D eigenvalue weighted by atomic mass is 9.98. The fourth-order valence-electron chi connectivity index (χ4n) is 4.38. The summed E-state index contributed by atoms with van der Waals surface area (Å²) in [5.74, 6) is 5.70. The van der Waals surface area contributed by atoms with Gasteiger partial charge in [0.15, 0.2) is 0 Å². The molecule has 0 aliphatic carbocycles. The molecule has 4 rings (SSSR count). The Hall–Kier alpha value is -5.65. The van der Waals surface area contributed by atoms with Gasteiger partial charge in [-0.1, -0.05) is 60.6 Å². The van der Waals surface area contributed by atoms with Gasteiger partial charge in [0.1, 0.15) is 6.34 Å². The molecule has 4 N–H and O–H groups in total. The van der Waals surface area contributed by atoms with Crippen molar-refractivity contribution in [2.45, 2.75) is 12.5 Å². The average Bonchev–Trinajstić information content (AvgIpc) is 3.06. The molecule has 0 aliphatic rings. The molecule has 3 aromatic carbocycles. The fraction of sp³-hybridized carbons (Fsp3) is 0.0909. The number of rotatable bonds is 12. The van der Waals surface area contributed by atoms with Crippen molar-refractivity contribution in [2.24, 2.45) is 16.0 Å². The van der Waals surface area contributed by atoms with Gasteiger partial charge in [0.25, 0.3) is 0 Å². The number of methoxy groups -OCH3 is 1. The van der Waals surface area contributed by atoms with Gasteiger partial charge in [-0.3, -0.25) is 15.1 Å². The normalized spacial score (nSPS) is 11.6. The van der Waals surface area contributed by atoms with E-state index in [1.54, 1.807) is 42.5 Å². The molecule has 4 aromatic rings. The van der Waals surface area contributed by atoms with E-state index in [2.05, 4.69) is 49.1 Å². The highest BCUT2D eigenvalue weighted by molar-refractivity contribution is 6.30. The van der Waals surface area contributed by atoms with Crippen LogP contribution >= 0.6 is 11.6 Å². The van der Waals surface area contributed by atoms with Crippen molar-refractivity contribution in [3.63, 3.8) is 0 Å². The van der Waals surface area contributed by atoms with Crippen molar-refractivity contribution in [3.05, 3.63) is 119 Å². The van der Waals surface area contributed by atoms with Gasteiger partial charge in [-0.05, 0) is 66.1 Å². The van der Waals surface area contributed by atoms with Crippen molar-refractivity contribution in [2.75, 3.05) is 17.4 Å². The van der Waals surface area contributed by atoms with Crippen LogP contribution in [-0.4, -0.2) is 42.4 Å². The number of ether oxygens (including phenoxy) is 1. The monoisotopic (exact) mass is 622 g/mol. The van der Waals surface area contributed by atoms with Crippen LogP contribution in [0.5, 0.6) is 0 Å². The van der Waals surface area contributed by atoms with Gasteiger partial charge in [0, 0.05) is 34.6 Å². The van der Waals surface area contributed by atoms with Gasteiger partial charge in [0.05, 0.1) is 30.2 Å². The Kier molecular flexibility index (Phi) is 11.3. The lowest BCUT2D eigenvalue weighted by Crippen LogP contribution is -2.30. The average molecular weight is 623 g/mol. The van der Waals surface area contributed by atoms with Crippen LogP contribution in [-0.2, 0) is 16.0 Å². The summed E-state index contributed by atoms with van der Waals surface area (Å²) in [5, 5.41) is 23.4. The molecule has 12 heteroatoms. The summed E-state index contributed by atoms with van der Waals surface area (Å²) >= 11 is 6.22. The van der Waals surface area contributed by atoms with E-state index in [4.69, 9.17) is 17.4 Å². The molecule has 0 radical (unpaired) electrons. The number of benzene rings is 3. The fourth-order valence-corrected chi connectivity index (χ4v) is 4.56. The minimum Gasteiger partial charge on any atom is -0.453 e. The van der Waals surface area contributed by atoms with Crippen LogP contribution < -0.4 is 21.5 Å². The van der Waals surface area contributed by atoms with Crippen molar-refractivity contribution in [1.82, 2.24) is 15.5 Å². The van der Waals surface area contributed by atoms with Crippen molar-refractivity contribution in [1.29, 1.82) is 0 Å². The van der Waals surface area contributed by atoms with Crippen LogP contribution in [0.25, 0.3) is 23.3 Å².